The Hall–Kier alpha value is -3.08. The highest BCUT2D eigenvalue weighted by Crippen LogP contribution is 2.34. The number of carbonyl (C=O) groups excluding carboxylic acids is 1. The van der Waals surface area contributed by atoms with E-state index in [2.05, 4.69) is 16.4 Å². The average Bonchev–Trinajstić information content (AvgIpc) is 3.20. The van der Waals surface area contributed by atoms with E-state index in [9.17, 15) is 4.79 Å². The second-order valence-corrected chi connectivity index (χ2v) is 7.61. The van der Waals surface area contributed by atoms with E-state index >= 15 is 0 Å². The molecule has 0 aliphatic carbocycles. The summed E-state index contributed by atoms with van der Waals surface area (Å²) in [5, 5.41) is 4.90. The Morgan fingerprint density at radius 1 is 1.00 bits per heavy atom. The standard InChI is InChI=1S/C25H23ClN2O2/c1-30-16-17-10-12-18(13-11-17)25(29)28-15-21(19-6-2-4-8-23(19)26)22-14-27-24-9-5-3-7-20(22)24/h2-14,21,27H,15-16H2,1H3,(H,28,29). The highest BCUT2D eigenvalue weighted by molar-refractivity contribution is 6.31. The van der Waals surface area contributed by atoms with Crippen molar-refractivity contribution in [3.8, 4) is 0 Å². The molecule has 0 radical (unpaired) electrons. The molecule has 4 nitrogen and oxygen atoms in total. The van der Waals surface area contributed by atoms with Crippen LogP contribution in [0.2, 0.25) is 5.02 Å². The lowest BCUT2D eigenvalue weighted by molar-refractivity contribution is 0.0952. The van der Waals surface area contributed by atoms with Crippen LogP contribution in [0, 0.1) is 0 Å². The van der Waals surface area contributed by atoms with Crippen molar-refractivity contribution in [1.82, 2.24) is 10.3 Å². The van der Waals surface area contributed by atoms with Crippen LogP contribution in [0.25, 0.3) is 10.9 Å². The second-order valence-electron chi connectivity index (χ2n) is 7.20. The van der Waals surface area contributed by atoms with Crippen LogP contribution in [0.15, 0.2) is 79.0 Å². The van der Waals surface area contributed by atoms with Crippen LogP contribution < -0.4 is 5.32 Å². The fraction of sp³-hybridized carbons (Fsp3) is 0.160. The van der Waals surface area contributed by atoms with Crippen LogP contribution in [-0.4, -0.2) is 24.5 Å². The van der Waals surface area contributed by atoms with E-state index in [0.717, 1.165) is 27.6 Å². The zero-order valence-electron chi connectivity index (χ0n) is 16.7. The van der Waals surface area contributed by atoms with Gasteiger partial charge in [0.15, 0.2) is 0 Å². The van der Waals surface area contributed by atoms with Crippen molar-refractivity contribution in [2.45, 2.75) is 12.5 Å². The van der Waals surface area contributed by atoms with E-state index in [1.807, 2.05) is 72.9 Å². The molecule has 4 aromatic rings. The molecule has 2 N–H and O–H groups in total. The number of hydrogen-bond acceptors (Lipinski definition) is 2. The first-order valence-electron chi connectivity index (χ1n) is 9.84. The van der Waals surface area contributed by atoms with Gasteiger partial charge in [-0.1, -0.05) is 60.1 Å². The third-order valence-corrected chi connectivity index (χ3v) is 5.62. The molecule has 0 fully saturated rings. The number of aromatic amines is 1. The van der Waals surface area contributed by atoms with E-state index in [0.29, 0.717) is 23.7 Å². The van der Waals surface area contributed by atoms with E-state index in [-0.39, 0.29) is 11.8 Å². The largest absolute Gasteiger partial charge is 0.380 e. The maximum atomic E-state index is 12.8. The molecule has 0 saturated carbocycles. The number of methoxy groups -OCH3 is 1. The Kier molecular flexibility index (Phi) is 6.17. The van der Waals surface area contributed by atoms with Crippen LogP contribution >= 0.6 is 11.6 Å². The number of benzene rings is 3. The van der Waals surface area contributed by atoms with Gasteiger partial charge in [0.1, 0.15) is 0 Å². The molecule has 0 aliphatic rings. The molecule has 152 valence electrons. The predicted octanol–water partition coefficient (Wildman–Crippen LogP) is 5.53. The van der Waals surface area contributed by atoms with Gasteiger partial charge in [-0.05, 0) is 41.0 Å². The first kappa shape index (κ1) is 20.2. The fourth-order valence-electron chi connectivity index (χ4n) is 3.74. The summed E-state index contributed by atoms with van der Waals surface area (Å²) < 4.78 is 5.13. The average molecular weight is 419 g/mol. The Morgan fingerprint density at radius 3 is 2.50 bits per heavy atom. The second kappa shape index (κ2) is 9.16. The number of amides is 1. The SMILES string of the molecule is COCc1ccc(C(=O)NCC(c2ccccc2Cl)c2c[nH]c3ccccc23)cc1. The molecule has 1 aromatic heterocycles. The van der Waals surface area contributed by atoms with Gasteiger partial charge in [-0.25, -0.2) is 0 Å². The van der Waals surface area contributed by atoms with Crippen LogP contribution in [0.3, 0.4) is 0 Å². The Balaban J connectivity index is 1.61. The third kappa shape index (κ3) is 4.25. The molecule has 0 aliphatic heterocycles. The van der Waals surface area contributed by atoms with Crippen LogP contribution in [0.1, 0.15) is 33.0 Å². The van der Waals surface area contributed by atoms with Crippen molar-refractivity contribution >= 4 is 28.4 Å². The minimum Gasteiger partial charge on any atom is -0.380 e. The van der Waals surface area contributed by atoms with Crippen molar-refractivity contribution in [2.24, 2.45) is 0 Å². The van der Waals surface area contributed by atoms with Gasteiger partial charge in [0.2, 0.25) is 0 Å². The fourth-order valence-corrected chi connectivity index (χ4v) is 4.01. The maximum absolute atomic E-state index is 12.8. The first-order valence-corrected chi connectivity index (χ1v) is 10.2. The summed E-state index contributed by atoms with van der Waals surface area (Å²) in [7, 11) is 1.65. The normalized spacial score (nSPS) is 12.1. The molecule has 4 rings (SSSR count). The molecule has 1 heterocycles. The van der Waals surface area contributed by atoms with E-state index in [4.69, 9.17) is 16.3 Å². The smallest absolute Gasteiger partial charge is 0.251 e. The molecule has 1 atom stereocenters. The Labute approximate surface area is 180 Å². The number of halogens is 1. The minimum absolute atomic E-state index is 0.0773. The quantitative estimate of drug-likeness (QED) is 0.414. The lowest BCUT2D eigenvalue weighted by Crippen LogP contribution is -2.29. The monoisotopic (exact) mass is 418 g/mol. The van der Waals surface area contributed by atoms with Crippen LogP contribution in [0.5, 0.6) is 0 Å². The topological polar surface area (TPSA) is 54.1 Å². The number of para-hydroxylation sites is 1. The summed E-state index contributed by atoms with van der Waals surface area (Å²) in [6.45, 7) is 0.960. The van der Waals surface area contributed by atoms with Gasteiger partial charge < -0.3 is 15.0 Å². The summed E-state index contributed by atoms with van der Waals surface area (Å²) in [6.07, 6.45) is 2.00. The number of carbonyl (C=O) groups is 1. The Morgan fingerprint density at radius 2 is 1.73 bits per heavy atom. The van der Waals surface area contributed by atoms with Gasteiger partial charge in [-0.3, -0.25) is 4.79 Å². The lowest BCUT2D eigenvalue weighted by Gasteiger charge is -2.19. The predicted molar refractivity (Wildman–Crippen MR) is 121 cm³/mol. The van der Waals surface area contributed by atoms with Gasteiger partial charge in [0.05, 0.1) is 6.61 Å². The molecule has 5 heteroatoms. The number of aromatic nitrogens is 1. The van der Waals surface area contributed by atoms with Crippen LogP contribution in [-0.2, 0) is 11.3 Å². The molecule has 0 spiro atoms. The summed E-state index contributed by atoms with van der Waals surface area (Å²) in [5.74, 6) is -0.192. The molecular weight excluding hydrogens is 396 g/mol. The summed E-state index contributed by atoms with van der Waals surface area (Å²) >= 11 is 6.53. The number of H-pyrrole nitrogens is 1. The molecular formula is C25H23ClN2O2. The van der Waals surface area contributed by atoms with Crippen molar-refractivity contribution in [3.05, 3.63) is 106 Å². The van der Waals surface area contributed by atoms with Gasteiger partial charge in [-0.2, -0.15) is 0 Å². The van der Waals surface area contributed by atoms with Crippen molar-refractivity contribution in [1.29, 1.82) is 0 Å². The van der Waals surface area contributed by atoms with E-state index in [1.165, 1.54) is 0 Å². The first-order chi connectivity index (χ1) is 14.7. The Bertz CT molecular complexity index is 1150. The zero-order valence-corrected chi connectivity index (χ0v) is 17.4. The molecule has 3 aromatic carbocycles. The van der Waals surface area contributed by atoms with Gasteiger partial charge in [0.25, 0.3) is 5.91 Å². The number of hydrogen-bond donors (Lipinski definition) is 2. The molecule has 1 amide bonds. The minimum atomic E-state index is -0.115. The highest BCUT2D eigenvalue weighted by Gasteiger charge is 2.21. The van der Waals surface area contributed by atoms with Gasteiger partial charge >= 0.3 is 0 Å². The van der Waals surface area contributed by atoms with Crippen molar-refractivity contribution in [2.75, 3.05) is 13.7 Å². The zero-order chi connectivity index (χ0) is 20.9. The summed E-state index contributed by atoms with van der Waals surface area (Å²) in [4.78, 5) is 16.1. The molecule has 0 bridgehead atoms. The number of fused-ring (bicyclic) bond motifs is 1. The molecule has 0 saturated heterocycles. The van der Waals surface area contributed by atoms with Gasteiger partial charge in [0, 0.05) is 47.3 Å². The van der Waals surface area contributed by atoms with Crippen molar-refractivity contribution in [3.63, 3.8) is 0 Å². The number of nitrogens with one attached hydrogen (secondary N) is 2. The highest BCUT2D eigenvalue weighted by atomic mass is 35.5. The number of ether oxygens (including phenoxy) is 1. The maximum Gasteiger partial charge on any atom is 0.251 e. The van der Waals surface area contributed by atoms with E-state index in [1.54, 1.807) is 7.11 Å². The third-order valence-electron chi connectivity index (χ3n) is 5.27. The van der Waals surface area contributed by atoms with Crippen molar-refractivity contribution < 1.29 is 9.53 Å². The van der Waals surface area contributed by atoms with Crippen LogP contribution in [0.4, 0.5) is 0 Å². The van der Waals surface area contributed by atoms with E-state index < -0.39 is 0 Å². The molecule has 1 unspecified atom stereocenters. The lowest BCUT2D eigenvalue weighted by atomic mass is 9.90. The number of rotatable bonds is 7. The molecule has 30 heavy (non-hydrogen) atoms. The summed E-state index contributed by atoms with van der Waals surface area (Å²) in [6, 6.07) is 23.4. The summed E-state index contributed by atoms with van der Waals surface area (Å²) in [5.41, 5.74) is 4.80. The van der Waals surface area contributed by atoms with Gasteiger partial charge in [-0.15, -0.1) is 0 Å².